The van der Waals surface area contributed by atoms with Crippen LogP contribution < -0.4 is 5.01 Å². The van der Waals surface area contributed by atoms with Gasteiger partial charge in [-0.15, -0.1) is 0 Å². The van der Waals surface area contributed by atoms with Gasteiger partial charge in [-0.2, -0.15) is 5.10 Å². The molecule has 0 amide bonds. The Labute approximate surface area is 108 Å². The van der Waals surface area contributed by atoms with Crippen molar-refractivity contribution >= 4 is 11.4 Å². The van der Waals surface area contributed by atoms with Gasteiger partial charge in [-0.3, -0.25) is 5.01 Å². The largest absolute Gasteiger partial charge is 0.265 e. The summed E-state index contributed by atoms with van der Waals surface area (Å²) in [6.07, 6.45) is 13.7. The van der Waals surface area contributed by atoms with Crippen LogP contribution in [0.4, 0.5) is 5.69 Å². The Morgan fingerprint density at radius 1 is 0.944 bits per heavy atom. The highest BCUT2D eigenvalue weighted by Crippen LogP contribution is 2.22. The highest BCUT2D eigenvalue weighted by Gasteiger charge is 2.20. The summed E-state index contributed by atoms with van der Waals surface area (Å²) in [6.45, 7) is 0.977. The molecule has 1 aromatic carbocycles. The minimum Gasteiger partial charge on any atom is -0.265 e. The van der Waals surface area contributed by atoms with Crippen molar-refractivity contribution in [3.05, 3.63) is 66.8 Å². The van der Waals surface area contributed by atoms with Crippen LogP contribution in [0.1, 0.15) is 6.42 Å². The molecular formula is C16H16N2. The summed E-state index contributed by atoms with van der Waals surface area (Å²) in [5, 5.41) is 6.84. The van der Waals surface area contributed by atoms with Crippen LogP contribution in [0.25, 0.3) is 0 Å². The molecule has 0 atom stereocenters. The molecule has 0 saturated carbocycles. The van der Waals surface area contributed by atoms with Crippen LogP contribution in [0, 0.1) is 5.92 Å². The number of para-hydroxylation sites is 1. The maximum atomic E-state index is 4.74. The lowest BCUT2D eigenvalue weighted by atomic mass is 10.0. The molecule has 2 aliphatic rings. The third-order valence-electron chi connectivity index (χ3n) is 3.24. The standard InChI is InChI=1S/C16H16N2/c1-2-5-9-14(8-4-1)16-12-13-18(17-16)15-10-6-3-7-11-15/h1-11,14H,12-13H2. The molecule has 0 radical (unpaired) electrons. The van der Waals surface area contributed by atoms with Gasteiger partial charge in [-0.1, -0.05) is 54.7 Å². The van der Waals surface area contributed by atoms with Crippen molar-refractivity contribution in [3.8, 4) is 0 Å². The molecule has 2 heteroatoms. The number of benzene rings is 1. The summed E-state index contributed by atoms with van der Waals surface area (Å²) in [7, 11) is 0. The number of anilines is 1. The molecule has 1 heterocycles. The number of nitrogens with zero attached hydrogens (tertiary/aromatic N) is 2. The van der Waals surface area contributed by atoms with Crippen LogP contribution in [0.15, 0.2) is 71.9 Å². The Balaban J connectivity index is 1.80. The van der Waals surface area contributed by atoms with Gasteiger partial charge in [0.25, 0.3) is 0 Å². The Hall–Kier alpha value is -2.09. The van der Waals surface area contributed by atoms with Gasteiger partial charge in [0, 0.05) is 18.9 Å². The second-order valence-electron chi connectivity index (χ2n) is 4.48. The molecule has 1 aliphatic heterocycles. The van der Waals surface area contributed by atoms with E-state index in [1.165, 1.54) is 11.4 Å². The zero-order valence-corrected chi connectivity index (χ0v) is 10.2. The first-order valence-corrected chi connectivity index (χ1v) is 6.35. The SMILES string of the molecule is C1=CC=CC(C2=NN(c3ccccc3)CC2)C=C1. The Morgan fingerprint density at radius 2 is 1.67 bits per heavy atom. The lowest BCUT2D eigenvalue weighted by Gasteiger charge is -2.12. The number of hydrogen-bond donors (Lipinski definition) is 0. The average molecular weight is 236 g/mol. The summed E-state index contributed by atoms with van der Waals surface area (Å²) in [5.74, 6) is 0.341. The van der Waals surface area contributed by atoms with E-state index in [1.807, 2.05) is 6.07 Å². The highest BCUT2D eigenvalue weighted by atomic mass is 15.5. The Morgan fingerprint density at radius 3 is 2.39 bits per heavy atom. The van der Waals surface area contributed by atoms with E-state index in [4.69, 9.17) is 5.10 Å². The van der Waals surface area contributed by atoms with Gasteiger partial charge in [0.05, 0.1) is 11.4 Å². The second-order valence-corrected chi connectivity index (χ2v) is 4.48. The molecule has 0 unspecified atom stereocenters. The van der Waals surface area contributed by atoms with Crippen molar-refractivity contribution in [2.24, 2.45) is 11.0 Å². The van der Waals surface area contributed by atoms with Crippen LogP contribution in [0.3, 0.4) is 0 Å². The monoisotopic (exact) mass is 236 g/mol. The third-order valence-corrected chi connectivity index (χ3v) is 3.24. The topological polar surface area (TPSA) is 15.6 Å². The number of rotatable bonds is 2. The second kappa shape index (κ2) is 5.05. The molecule has 1 aromatic rings. The molecule has 2 nitrogen and oxygen atoms in total. The van der Waals surface area contributed by atoms with E-state index in [9.17, 15) is 0 Å². The van der Waals surface area contributed by atoms with Gasteiger partial charge in [-0.05, 0) is 12.1 Å². The Bertz CT molecular complexity index is 507. The first kappa shape index (κ1) is 11.0. The zero-order chi connectivity index (χ0) is 12.2. The lowest BCUT2D eigenvalue weighted by molar-refractivity contribution is 0.922. The normalized spacial score (nSPS) is 19.1. The fourth-order valence-corrected chi connectivity index (χ4v) is 2.28. The van der Waals surface area contributed by atoms with E-state index in [1.54, 1.807) is 0 Å². The van der Waals surface area contributed by atoms with Gasteiger partial charge in [0.15, 0.2) is 0 Å². The number of hydrogen-bond acceptors (Lipinski definition) is 2. The van der Waals surface area contributed by atoms with Crippen molar-refractivity contribution in [2.45, 2.75) is 6.42 Å². The number of allylic oxidation sites excluding steroid dienone is 6. The van der Waals surface area contributed by atoms with Gasteiger partial charge in [0.2, 0.25) is 0 Å². The molecule has 18 heavy (non-hydrogen) atoms. The molecule has 0 aromatic heterocycles. The number of hydrazone groups is 1. The molecule has 1 aliphatic carbocycles. The summed E-state index contributed by atoms with van der Waals surface area (Å²) < 4.78 is 0. The molecule has 0 spiro atoms. The van der Waals surface area contributed by atoms with Crippen LogP contribution in [0.2, 0.25) is 0 Å². The summed E-state index contributed by atoms with van der Waals surface area (Å²) >= 11 is 0. The smallest absolute Gasteiger partial charge is 0.0594 e. The van der Waals surface area contributed by atoms with E-state index in [-0.39, 0.29) is 0 Å². The fourth-order valence-electron chi connectivity index (χ4n) is 2.28. The van der Waals surface area contributed by atoms with E-state index in [0.29, 0.717) is 5.92 Å². The van der Waals surface area contributed by atoms with Crippen molar-refractivity contribution in [3.63, 3.8) is 0 Å². The summed E-state index contributed by atoms with van der Waals surface area (Å²) in [5.41, 5.74) is 2.42. The molecular weight excluding hydrogens is 220 g/mol. The molecule has 0 bridgehead atoms. The highest BCUT2D eigenvalue weighted by molar-refractivity contribution is 5.92. The molecule has 0 fully saturated rings. The van der Waals surface area contributed by atoms with Gasteiger partial charge in [-0.25, -0.2) is 0 Å². The lowest BCUT2D eigenvalue weighted by Crippen LogP contribution is -2.11. The minimum atomic E-state index is 0.341. The molecule has 90 valence electrons. The molecule has 0 N–H and O–H groups in total. The van der Waals surface area contributed by atoms with E-state index < -0.39 is 0 Å². The molecule has 3 rings (SSSR count). The van der Waals surface area contributed by atoms with Gasteiger partial charge < -0.3 is 0 Å². The van der Waals surface area contributed by atoms with Crippen LogP contribution >= 0.6 is 0 Å². The first-order valence-electron chi connectivity index (χ1n) is 6.35. The summed E-state index contributed by atoms with van der Waals surface area (Å²) in [4.78, 5) is 0. The minimum absolute atomic E-state index is 0.341. The maximum Gasteiger partial charge on any atom is 0.0594 e. The fraction of sp³-hybridized carbons (Fsp3) is 0.188. The van der Waals surface area contributed by atoms with Crippen LogP contribution in [-0.4, -0.2) is 12.3 Å². The quantitative estimate of drug-likeness (QED) is 0.766. The summed E-state index contributed by atoms with van der Waals surface area (Å²) in [6, 6.07) is 10.3. The predicted molar refractivity (Wildman–Crippen MR) is 76.8 cm³/mol. The van der Waals surface area contributed by atoms with E-state index in [2.05, 4.69) is 65.7 Å². The molecule has 0 saturated heterocycles. The van der Waals surface area contributed by atoms with Crippen molar-refractivity contribution in [1.82, 2.24) is 0 Å². The average Bonchev–Trinajstić information content (AvgIpc) is 2.76. The van der Waals surface area contributed by atoms with Crippen molar-refractivity contribution in [2.75, 3.05) is 11.6 Å². The van der Waals surface area contributed by atoms with Gasteiger partial charge in [0.1, 0.15) is 0 Å². The predicted octanol–water partition coefficient (Wildman–Crippen LogP) is 3.55. The van der Waals surface area contributed by atoms with E-state index in [0.717, 1.165) is 13.0 Å². The van der Waals surface area contributed by atoms with Crippen molar-refractivity contribution < 1.29 is 0 Å². The van der Waals surface area contributed by atoms with Gasteiger partial charge >= 0.3 is 0 Å². The van der Waals surface area contributed by atoms with Crippen LogP contribution in [-0.2, 0) is 0 Å². The first-order chi connectivity index (χ1) is 8.93. The van der Waals surface area contributed by atoms with Crippen LogP contribution in [0.5, 0.6) is 0 Å². The Kier molecular flexibility index (Phi) is 3.09. The third kappa shape index (κ3) is 2.28. The van der Waals surface area contributed by atoms with Crippen molar-refractivity contribution in [1.29, 1.82) is 0 Å². The maximum absolute atomic E-state index is 4.74. The van der Waals surface area contributed by atoms with E-state index >= 15 is 0 Å². The zero-order valence-electron chi connectivity index (χ0n) is 10.2.